The van der Waals surface area contributed by atoms with Crippen molar-refractivity contribution in [2.75, 3.05) is 0 Å². The Bertz CT molecular complexity index is 798. The van der Waals surface area contributed by atoms with E-state index in [9.17, 15) is 22.9 Å². The van der Waals surface area contributed by atoms with Gasteiger partial charge in [-0.25, -0.2) is 12.8 Å². The van der Waals surface area contributed by atoms with Crippen LogP contribution in [-0.4, -0.2) is 13.3 Å². The van der Waals surface area contributed by atoms with Gasteiger partial charge in [0.15, 0.2) is 9.84 Å². The molecule has 0 bridgehead atoms. The fourth-order valence-electron chi connectivity index (χ4n) is 1.61. The van der Waals surface area contributed by atoms with E-state index in [1.807, 2.05) is 0 Å². The molecule has 0 heterocycles. The van der Waals surface area contributed by atoms with Gasteiger partial charge < -0.3 is 0 Å². The maximum atomic E-state index is 13.0. The number of benzene rings is 2. The first-order valence-corrected chi connectivity index (χ1v) is 7.36. The van der Waals surface area contributed by atoms with Crippen molar-refractivity contribution in [2.24, 2.45) is 0 Å². The van der Waals surface area contributed by atoms with Gasteiger partial charge in [-0.05, 0) is 35.9 Å². The van der Waals surface area contributed by atoms with E-state index in [4.69, 9.17) is 0 Å². The maximum Gasteiger partial charge on any atom is 0.269 e. The summed E-state index contributed by atoms with van der Waals surface area (Å²) in [5.74, 6) is -0.468. The highest BCUT2D eigenvalue weighted by Crippen LogP contribution is 2.18. The normalized spacial score (nSPS) is 11.7. The predicted molar refractivity (Wildman–Crippen MR) is 75.7 cm³/mol. The van der Waals surface area contributed by atoms with Crippen molar-refractivity contribution < 1.29 is 17.7 Å². The summed E-state index contributed by atoms with van der Waals surface area (Å²) in [6, 6.07) is 10.0. The third-order valence-electron chi connectivity index (χ3n) is 2.66. The molecule has 108 valence electrons. The summed E-state index contributed by atoms with van der Waals surface area (Å²) >= 11 is 0. The number of nitro benzene ring substituents is 1. The van der Waals surface area contributed by atoms with E-state index in [0.29, 0.717) is 5.56 Å². The first-order valence-electron chi connectivity index (χ1n) is 5.82. The summed E-state index contributed by atoms with van der Waals surface area (Å²) in [6.07, 6.45) is 1.26. The predicted octanol–water partition coefficient (Wildman–Crippen LogP) is 3.18. The van der Waals surface area contributed by atoms with E-state index in [-0.39, 0.29) is 10.6 Å². The van der Waals surface area contributed by atoms with Crippen LogP contribution in [0.15, 0.2) is 58.8 Å². The van der Waals surface area contributed by atoms with E-state index in [1.165, 1.54) is 24.3 Å². The number of non-ortho nitro benzene ring substituents is 1. The average Bonchev–Trinajstić information content (AvgIpc) is 2.45. The van der Waals surface area contributed by atoms with Gasteiger partial charge in [-0.2, -0.15) is 0 Å². The Hall–Kier alpha value is -2.54. The van der Waals surface area contributed by atoms with Crippen molar-refractivity contribution in [3.8, 4) is 0 Å². The zero-order valence-electron chi connectivity index (χ0n) is 10.6. The first kappa shape index (κ1) is 14.9. The SMILES string of the molecule is O=[N+]([O-])c1ccc(S(=O)(=O)/C=C/c2cccc(F)c2)cc1. The average molecular weight is 307 g/mol. The van der Waals surface area contributed by atoms with Gasteiger partial charge in [0.1, 0.15) is 5.82 Å². The van der Waals surface area contributed by atoms with Crippen LogP contribution in [0, 0.1) is 15.9 Å². The standard InChI is InChI=1S/C14H10FNO4S/c15-12-3-1-2-11(10-12)8-9-21(19,20)14-6-4-13(5-7-14)16(17)18/h1-10H/b9-8+. The van der Waals surface area contributed by atoms with E-state index in [1.54, 1.807) is 6.07 Å². The zero-order chi connectivity index (χ0) is 15.5. The molecular weight excluding hydrogens is 297 g/mol. The summed E-state index contributed by atoms with van der Waals surface area (Å²) in [5, 5.41) is 11.4. The molecule has 0 aliphatic rings. The smallest absolute Gasteiger partial charge is 0.258 e. The van der Waals surface area contributed by atoms with Crippen molar-refractivity contribution in [2.45, 2.75) is 4.90 Å². The topological polar surface area (TPSA) is 77.3 Å². The van der Waals surface area contributed by atoms with Crippen molar-refractivity contribution in [1.82, 2.24) is 0 Å². The molecule has 2 aromatic carbocycles. The van der Waals surface area contributed by atoms with Crippen LogP contribution in [0.25, 0.3) is 6.08 Å². The zero-order valence-corrected chi connectivity index (χ0v) is 11.5. The third kappa shape index (κ3) is 3.73. The molecule has 0 saturated heterocycles. The summed E-state index contributed by atoms with van der Waals surface area (Å²) in [5.41, 5.74) is 0.212. The lowest BCUT2D eigenvalue weighted by Gasteiger charge is -1.99. The van der Waals surface area contributed by atoms with Crippen molar-refractivity contribution in [3.05, 3.63) is 75.4 Å². The maximum absolute atomic E-state index is 13.0. The molecule has 21 heavy (non-hydrogen) atoms. The molecule has 0 amide bonds. The molecule has 0 saturated carbocycles. The molecule has 7 heteroatoms. The molecular formula is C14H10FNO4S. The fourth-order valence-corrected chi connectivity index (χ4v) is 2.62. The highest BCUT2D eigenvalue weighted by molar-refractivity contribution is 7.94. The summed E-state index contributed by atoms with van der Waals surface area (Å²) in [4.78, 5) is 9.83. The van der Waals surface area contributed by atoms with E-state index in [0.717, 1.165) is 29.7 Å². The van der Waals surface area contributed by atoms with E-state index < -0.39 is 20.6 Å². The minimum atomic E-state index is -3.74. The van der Waals surface area contributed by atoms with Gasteiger partial charge in [0, 0.05) is 17.5 Å². The Kier molecular flexibility index (Phi) is 4.13. The number of hydrogen-bond acceptors (Lipinski definition) is 4. The first-order chi connectivity index (χ1) is 9.88. The van der Waals surface area contributed by atoms with Gasteiger partial charge >= 0.3 is 0 Å². The van der Waals surface area contributed by atoms with Gasteiger partial charge in [0.2, 0.25) is 0 Å². The largest absolute Gasteiger partial charge is 0.269 e. The van der Waals surface area contributed by atoms with Gasteiger partial charge in [0.05, 0.1) is 9.82 Å². The van der Waals surface area contributed by atoms with Crippen LogP contribution < -0.4 is 0 Å². The molecule has 2 aromatic rings. The highest BCUT2D eigenvalue weighted by atomic mass is 32.2. The third-order valence-corrected chi connectivity index (χ3v) is 4.09. The Morgan fingerprint density at radius 3 is 2.33 bits per heavy atom. The van der Waals surface area contributed by atoms with Gasteiger partial charge in [0.25, 0.3) is 5.69 Å². The minimum Gasteiger partial charge on any atom is -0.258 e. The Morgan fingerprint density at radius 1 is 1.10 bits per heavy atom. The molecule has 0 aromatic heterocycles. The van der Waals surface area contributed by atoms with Gasteiger partial charge in [-0.15, -0.1) is 0 Å². The summed E-state index contributed by atoms with van der Waals surface area (Å²) in [7, 11) is -3.74. The number of halogens is 1. The fraction of sp³-hybridized carbons (Fsp3) is 0. The molecule has 0 fully saturated rings. The van der Waals surface area contributed by atoms with Crippen molar-refractivity contribution in [1.29, 1.82) is 0 Å². The second-order valence-electron chi connectivity index (χ2n) is 4.15. The number of nitro groups is 1. The van der Waals surface area contributed by atoms with Crippen molar-refractivity contribution in [3.63, 3.8) is 0 Å². The second kappa shape index (κ2) is 5.84. The molecule has 0 aliphatic heterocycles. The lowest BCUT2D eigenvalue weighted by molar-refractivity contribution is -0.384. The van der Waals surface area contributed by atoms with Gasteiger partial charge in [-0.3, -0.25) is 10.1 Å². The van der Waals surface area contributed by atoms with Gasteiger partial charge in [-0.1, -0.05) is 12.1 Å². The molecule has 0 N–H and O–H groups in total. The molecule has 5 nitrogen and oxygen atoms in total. The lowest BCUT2D eigenvalue weighted by atomic mass is 10.2. The summed E-state index contributed by atoms with van der Waals surface area (Å²) < 4.78 is 37.0. The Morgan fingerprint density at radius 2 is 1.76 bits per heavy atom. The van der Waals surface area contributed by atoms with Crippen LogP contribution >= 0.6 is 0 Å². The van der Waals surface area contributed by atoms with Crippen LogP contribution in [-0.2, 0) is 9.84 Å². The number of hydrogen-bond donors (Lipinski definition) is 0. The molecule has 0 radical (unpaired) electrons. The van der Waals surface area contributed by atoms with Crippen molar-refractivity contribution >= 4 is 21.6 Å². The molecule has 0 atom stereocenters. The molecule has 0 unspecified atom stereocenters. The monoisotopic (exact) mass is 307 g/mol. The minimum absolute atomic E-state index is 0.0687. The number of nitrogens with zero attached hydrogens (tertiary/aromatic N) is 1. The Balaban J connectivity index is 2.27. The molecule has 2 rings (SSSR count). The number of rotatable bonds is 4. The summed E-state index contributed by atoms with van der Waals surface area (Å²) in [6.45, 7) is 0. The highest BCUT2D eigenvalue weighted by Gasteiger charge is 2.12. The van der Waals surface area contributed by atoms with Crippen LogP contribution in [0.5, 0.6) is 0 Å². The van der Waals surface area contributed by atoms with Crippen LogP contribution in [0.2, 0.25) is 0 Å². The second-order valence-corrected chi connectivity index (χ2v) is 5.99. The number of sulfone groups is 1. The Labute approximate surface area is 120 Å². The molecule has 0 spiro atoms. The quantitative estimate of drug-likeness (QED) is 0.642. The molecule has 0 aliphatic carbocycles. The van der Waals surface area contributed by atoms with Crippen LogP contribution in [0.4, 0.5) is 10.1 Å². The van der Waals surface area contributed by atoms with E-state index in [2.05, 4.69) is 0 Å². The lowest BCUT2D eigenvalue weighted by Crippen LogP contribution is -1.96. The van der Waals surface area contributed by atoms with Crippen LogP contribution in [0.1, 0.15) is 5.56 Å². The van der Waals surface area contributed by atoms with Crippen LogP contribution in [0.3, 0.4) is 0 Å². The van der Waals surface area contributed by atoms with E-state index >= 15 is 0 Å².